The second-order valence-electron chi connectivity index (χ2n) is 8.36. The molecule has 1 aliphatic heterocycles. The van der Waals surface area contributed by atoms with Gasteiger partial charge in [-0.2, -0.15) is 4.31 Å². The molecule has 182 valence electrons. The molecule has 1 saturated heterocycles. The van der Waals surface area contributed by atoms with Crippen molar-refractivity contribution in [2.75, 3.05) is 18.4 Å². The Morgan fingerprint density at radius 1 is 0.914 bits per heavy atom. The van der Waals surface area contributed by atoms with Crippen LogP contribution in [0.3, 0.4) is 0 Å². The number of anilines is 1. The van der Waals surface area contributed by atoms with Gasteiger partial charge in [0, 0.05) is 18.7 Å². The zero-order valence-electron chi connectivity index (χ0n) is 19.2. The number of sulfonamides is 1. The second-order valence-corrected chi connectivity index (χ2v) is 10.7. The molecule has 9 heteroatoms. The van der Waals surface area contributed by atoms with E-state index < -0.39 is 15.9 Å². The number of hydrogen-bond acceptors (Lipinski definition) is 4. The first-order valence-corrected chi connectivity index (χ1v) is 13.1. The van der Waals surface area contributed by atoms with Gasteiger partial charge in [-0.25, -0.2) is 8.42 Å². The molecule has 0 bridgehead atoms. The van der Waals surface area contributed by atoms with Crippen molar-refractivity contribution in [3.63, 3.8) is 0 Å². The Bertz CT molecular complexity index is 1340. The molecule has 3 aromatic rings. The topological polar surface area (TPSA) is 95.6 Å². The Hall–Kier alpha value is -3.20. The zero-order valence-corrected chi connectivity index (χ0v) is 20.8. The van der Waals surface area contributed by atoms with Crippen molar-refractivity contribution >= 4 is 39.1 Å². The highest BCUT2D eigenvalue weighted by molar-refractivity contribution is 7.89. The third kappa shape index (κ3) is 5.56. The Balaban J connectivity index is 1.55. The molecule has 0 aromatic heterocycles. The first-order chi connectivity index (χ1) is 16.8. The SMILES string of the molecule is C[C@@H](NC(=O)c1ccccc1NC(=O)c1ccc(Cl)c(S(=O)(=O)N2CCCC2)c1)c1ccccc1. The van der Waals surface area contributed by atoms with Gasteiger partial charge in [0.05, 0.1) is 22.3 Å². The largest absolute Gasteiger partial charge is 0.345 e. The first kappa shape index (κ1) is 24.9. The van der Waals surface area contributed by atoms with Gasteiger partial charge in [0.1, 0.15) is 4.90 Å². The van der Waals surface area contributed by atoms with E-state index in [1.54, 1.807) is 24.3 Å². The lowest BCUT2D eigenvalue weighted by Crippen LogP contribution is -2.29. The molecule has 0 radical (unpaired) electrons. The maximum absolute atomic E-state index is 13.1. The highest BCUT2D eigenvalue weighted by Crippen LogP contribution is 2.28. The molecule has 2 N–H and O–H groups in total. The summed E-state index contributed by atoms with van der Waals surface area (Å²) in [5, 5.41) is 5.74. The number of amides is 2. The maximum atomic E-state index is 13.1. The molecule has 35 heavy (non-hydrogen) atoms. The van der Waals surface area contributed by atoms with Gasteiger partial charge >= 0.3 is 0 Å². The minimum Gasteiger partial charge on any atom is -0.345 e. The van der Waals surface area contributed by atoms with Crippen molar-refractivity contribution in [1.82, 2.24) is 9.62 Å². The van der Waals surface area contributed by atoms with E-state index in [0.29, 0.717) is 24.3 Å². The first-order valence-electron chi connectivity index (χ1n) is 11.3. The lowest BCUT2D eigenvalue weighted by atomic mass is 10.1. The number of hydrogen-bond donors (Lipinski definition) is 2. The Morgan fingerprint density at radius 3 is 2.29 bits per heavy atom. The molecule has 7 nitrogen and oxygen atoms in total. The summed E-state index contributed by atoms with van der Waals surface area (Å²) in [6.45, 7) is 2.74. The molecule has 1 aliphatic rings. The summed E-state index contributed by atoms with van der Waals surface area (Å²) in [5.74, 6) is -0.887. The molecule has 0 aliphatic carbocycles. The fraction of sp³-hybridized carbons (Fsp3) is 0.231. The summed E-state index contributed by atoms with van der Waals surface area (Å²) in [4.78, 5) is 25.9. The van der Waals surface area contributed by atoms with Gasteiger partial charge in [0.25, 0.3) is 11.8 Å². The Kier molecular flexibility index (Phi) is 7.54. The van der Waals surface area contributed by atoms with Gasteiger partial charge in [-0.1, -0.05) is 54.1 Å². The molecule has 0 saturated carbocycles. The van der Waals surface area contributed by atoms with E-state index in [2.05, 4.69) is 10.6 Å². The fourth-order valence-corrected chi connectivity index (χ4v) is 6.01. The quantitative estimate of drug-likeness (QED) is 0.473. The standard InChI is InChI=1S/C26H26ClN3O4S/c1-18(19-9-3-2-4-10-19)28-26(32)21-11-5-6-12-23(21)29-25(31)20-13-14-22(27)24(17-20)35(33,34)30-15-7-8-16-30/h2-6,9-14,17-18H,7-8,15-16H2,1H3,(H,28,32)(H,29,31)/t18-/m1/s1. The summed E-state index contributed by atoms with van der Waals surface area (Å²) in [7, 11) is -3.80. The molecule has 3 aromatic carbocycles. The number of rotatable bonds is 7. The predicted molar refractivity (Wildman–Crippen MR) is 136 cm³/mol. The zero-order chi connectivity index (χ0) is 25.0. The third-order valence-corrected chi connectivity index (χ3v) is 8.32. The van der Waals surface area contributed by atoms with Crippen LogP contribution in [0.5, 0.6) is 0 Å². The molecule has 0 unspecified atom stereocenters. The van der Waals surface area contributed by atoms with Crippen LogP contribution in [0.25, 0.3) is 0 Å². The lowest BCUT2D eigenvalue weighted by Gasteiger charge is -2.18. The number of nitrogens with zero attached hydrogens (tertiary/aromatic N) is 1. The Morgan fingerprint density at radius 2 is 1.57 bits per heavy atom. The molecule has 1 fully saturated rings. The van der Waals surface area contributed by atoms with E-state index in [9.17, 15) is 18.0 Å². The monoisotopic (exact) mass is 511 g/mol. The van der Waals surface area contributed by atoms with Gasteiger partial charge < -0.3 is 10.6 Å². The highest BCUT2D eigenvalue weighted by atomic mass is 35.5. The second kappa shape index (κ2) is 10.6. The van der Waals surface area contributed by atoms with Crippen LogP contribution in [0.15, 0.2) is 77.7 Å². The minimum atomic E-state index is -3.80. The van der Waals surface area contributed by atoms with Crippen molar-refractivity contribution < 1.29 is 18.0 Å². The van der Waals surface area contributed by atoms with Gasteiger partial charge in [0.15, 0.2) is 0 Å². The summed E-state index contributed by atoms with van der Waals surface area (Å²) < 4.78 is 27.4. The highest BCUT2D eigenvalue weighted by Gasteiger charge is 2.30. The van der Waals surface area contributed by atoms with Gasteiger partial charge in [0.2, 0.25) is 10.0 Å². The number of carbonyl (C=O) groups excluding carboxylic acids is 2. The van der Waals surface area contributed by atoms with Crippen LogP contribution < -0.4 is 10.6 Å². The van der Waals surface area contributed by atoms with Crippen LogP contribution in [0.4, 0.5) is 5.69 Å². The molecular weight excluding hydrogens is 486 g/mol. The molecule has 2 amide bonds. The smallest absolute Gasteiger partial charge is 0.255 e. The average Bonchev–Trinajstić information content (AvgIpc) is 3.41. The van der Waals surface area contributed by atoms with E-state index in [0.717, 1.165) is 18.4 Å². The van der Waals surface area contributed by atoms with E-state index in [1.807, 2.05) is 37.3 Å². The Labute approximate surface area is 210 Å². The van der Waals surface area contributed by atoms with Crippen LogP contribution in [-0.2, 0) is 10.0 Å². The van der Waals surface area contributed by atoms with E-state index in [-0.39, 0.29) is 27.4 Å². The van der Waals surface area contributed by atoms with Crippen LogP contribution in [0.1, 0.15) is 52.1 Å². The number of para-hydroxylation sites is 1. The van der Waals surface area contributed by atoms with Crippen molar-refractivity contribution in [3.05, 3.63) is 94.5 Å². The van der Waals surface area contributed by atoms with Crippen molar-refractivity contribution in [1.29, 1.82) is 0 Å². The van der Waals surface area contributed by atoms with Crippen LogP contribution >= 0.6 is 11.6 Å². The number of halogens is 1. The summed E-state index contributed by atoms with van der Waals surface area (Å²) in [5.41, 5.74) is 1.69. The summed E-state index contributed by atoms with van der Waals surface area (Å²) >= 11 is 6.20. The number of benzene rings is 3. The van der Waals surface area contributed by atoms with E-state index in [1.165, 1.54) is 22.5 Å². The fourth-order valence-electron chi connectivity index (χ4n) is 3.99. The molecular formula is C26H26ClN3O4S. The minimum absolute atomic E-state index is 0.0585. The molecule has 1 atom stereocenters. The van der Waals surface area contributed by atoms with Crippen LogP contribution in [-0.4, -0.2) is 37.6 Å². The summed E-state index contributed by atoms with van der Waals surface area (Å²) in [6.07, 6.45) is 1.58. The third-order valence-electron chi connectivity index (χ3n) is 5.94. The van der Waals surface area contributed by atoms with Gasteiger partial charge in [-0.3, -0.25) is 9.59 Å². The predicted octanol–water partition coefficient (Wildman–Crippen LogP) is 4.87. The van der Waals surface area contributed by atoms with E-state index in [4.69, 9.17) is 11.6 Å². The van der Waals surface area contributed by atoms with Crippen LogP contribution in [0.2, 0.25) is 5.02 Å². The molecule has 1 heterocycles. The maximum Gasteiger partial charge on any atom is 0.255 e. The molecule has 0 spiro atoms. The van der Waals surface area contributed by atoms with Crippen molar-refractivity contribution in [2.24, 2.45) is 0 Å². The van der Waals surface area contributed by atoms with Crippen molar-refractivity contribution in [3.8, 4) is 0 Å². The van der Waals surface area contributed by atoms with Crippen molar-refractivity contribution in [2.45, 2.75) is 30.7 Å². The molecule has 4 rings (SSSR count). The normalized spacial score (nSPS) is 14.9. The average molecular weight is 512 g/mol. The van der Waals surface area contributed by atoms with E-state index >= 15 is 0 Å². The number of nitrogens with one attached hydrogen (secondary N) is 2. The number of carbonyl (C=O) groups is 2. The lowest BCUT2D eigenvalue weighted by molar-refractivity contribution is 0.0940. The summed E-state index contributed by atoms with van der Waals surface area (Å²) in [6, 6.07) is 20.1. The van der Waals surface area contributed by atoms with Gasteiger partial charge in [-0.15, -0.1) is 0 Å². The van der Waals surface area contributed by atoms with Gasteiger partial charge in [-0.05, 0) is 55.7 Å². The van der Waals surface area contributed by atoms with Crippen LogP contribution in [0, 0.1) is 0 Å².